The van der Waals surface area contributed by atoms with Crippen molar-refractivity contribution >= 4 is 23.4 Å². The van der Waals surface area contributed by atoms with E-state index in [1.54, 1.807) is 42.5 Å². The topological polar surface area (TPSA) is 113 Å². The van der Waals surface area contributed by atoms with E-state index < -0.39 is 23.7 Å². The van der Waals surface area contributed by atoms with Crippen LogP contribution < -0.4 is 9.47 Å². The van der Waals surface area contributed by atoms with Gasteiger partial charge in [-0.3, -0.25) is 14.4 Å². The van der Waals surface area contributed by atoms with E-state index in [-0.39, 0.29) is 30.7 Å². The van der Waals surface area contributed by atoms with Gasteiger partial charge in [0, 0.05) is 24.1 Å². The second-order valence-electron chi connectivity index (χ2n) is 7.46. The Morgan fingerprint density at radius 1 is 1.03 bits per heavy atom. The van der Waals surface area contributed by atoms with Crippen molar-refractivity contribution in [3.63, 3.8) is 0 Å². The van der Waals surface area contributed by atoms with Crippen molar-refractivity contribution in [2.75, 3.05) is 20.8 Å². The first-order valence-electron chi connectivity index (χ1n) is 10.1. The number of ether oxygens (including phenoxy) is 2. The van der Waals surface area contributed by atoms with Gasteiger partial charge in [0.25, 0.3) is 11.7 Å². The number of carboxylic acid groups (broad SMARTS) is 1. The van der Waals surface area contributed by atoms with Gasteiger partial charge in [0.1, 0.15) is 17.3 Å². The Balaban J connectivity index is 2.19. The summed E-state index contributed by atoms with van der Waals surface area (Å²) in [6.45, 7) is 1.92. The first-order valence-corrected chi connectivity index (χ1v) is 10.1. The summed E-state index contributed by atoms with van der Waals surface area (Å²) in [7, 11) is 2.95. The average molecular weight is 439 g/mol. The van der Waals surface area contributed by atoms with Crippen molar-refractivity contribution in [2.45, 2.75) is 25.8 Å². The van der Waals surface area contributed by atoms with Gasteiger partial charge in [0.05, 0.1) is 25.8 Å². The lowest BCUT2D eigenvalue weighted by molar-refractivity contribution is -0.140. The van der Waals surface area contributed by atoms with Gasteiger partial charge in [0.2, 0.25) is 0 Å². The molecule has 1 atom stereocenters. The van der Waals surface area contributed by atoms with Crippen LogP contribution in [-0.2, 0) is 14.4 Å². The van der Waals surface area contributed by atoms with Gasteiger partial charge in [-0.15, -0.1) is 0 Å². The molecule has 0 spiro atoms. The maximum absolute atomic E-state index is 13.0. The molecular formula is C24H25NO7. The minimum atomic E-state index is -1.00. The van der Waals surface area contributed by atoms with Crippen LogP contribution in [0.25, 0.3) is 5.76 Å². The van der Waals surface area contributed by atoms with Crippen molar-refractivity contribution < 1.29 is 34.1 Å². The van der Waals surface area contributed by atoms with Crippen molar-refractivity contribution in [3.8, 4) is 11.5 Å². The first-order chi connectivity index (χ1) is 15.3. The minimum absolute atomic E-state index is 0.0204. The van der Waals surface area contributed by atoms with Gasteiger partial charge < -0.3 is 24.6 Å². The van der Waals surface area contributed by atoms with E-state index in [9.17, 15) is 19.5 Å². The predicted octanol–water partition coefficient (Wildman–Crippen LogP) is 3.30. The third kappa shape index (κ3) is 4.44. The number of aliphatic carboxylic acids is 1. The predicted molar refractivity (Wildman–Crippen MR) is 117 cm³/mol. The third-order valence-corrected chi connectivity index (χ3v) is 5.39. The molecule has 0 bridgehead atoms. The SMILES string of the molecule is COc1ccc(OC)c([C@H]2C(=C(O)c3ccc(C)cc3)C(=O)C(=O)N2CCCC(=O)O)c1. The lowest BCUT2D eigenvalue weighted by Crippen LogP contribution is -2.31. The molecule has 168 valence electrons. The van der Waals surface area contributed by atoms with Crippen molar-refractivity contribution in [1.82, 2.24) is 4.90 Å². The standard InChI is InChI=1S/C24H25NO7/c1-14-6-8-15(9-7-14)22(28)20-21(17-13-16(31-2)10-11-18(17)32-3)25(24(30)23(20)29)12-4-5-19(26)27/h6-11,13,21,28H,4-5,12H2,1-3H3,(H,26,27)/t21-/m0/s1. The summed E-state index contributed by atoms with van der Waals surface area (Å²) in [5, 5.41) is 20.1. The quantitative estimate of drug-likeness (QED) is 0.369. The number of carboxylic acids is 1. The van der Waals surface area contributed by atoms with Crippen LogP contribution in [0.5, 0.6) is 11.5 Å². The number of carbonyl (C=O) groups excluding carboxylic acids is 2. The number of aliphatic hydroxyl groups excluding tert-OH is 1. The molecule has 8 heteroatoms. The number of methoxy groups -OCH3 is 2. The molecule has 0 unspecified atom stereocenters. The Kier molecular flexibility index (Phi) is 6.82. The first kappa shape index (κ1) is 22.9. The molecule has 1 fully saturated rings. The summed E-state index contributed by atoms with van der Waals surface area (Å²) >= 11 is 0. The van der Waals surface area contributed by atoms with Gasteiger partial charge in [-0.1, -0.05) is 29.8 Å². The Hall–Kier alpha value is -3.81. The highest BCUT2D eigenvalue weighted by Crippen LogP contribution is 2.44. The van der Waals surface area contributed by atoms with E-state index in [1.807, 2.05) is 6.92 Å². The number of aliphatic hydroxyl groups is 1. The summed E-state index contributed by atoms with van der Waals surface area (Å²) < 4.78 is 10.8. The molecular weight excluding hydrogens is 414 g/mol. The van der Waals surface area contributed by atoms with Gasteiger partial charge >= 0.3 is 5.97 Å². The second kappa shape index (κ2) is 9.55. The minimum Gasteiger partial charge on any atom is -0.507 e. The molecule has 2 N–H and O–H groups in total. The van der Waals surface area contributed by atoms with Crippen molar-refractivity contribution in [2.24, 2.45) is 0 Å². The number of aryl methyl sites for hydroxylation is 1. The fourth-order valence-corrected chi connectivity index (χ4v) is 3.75. The zero-order valence-electron chi connectivity index (χ0n) is 18.1. The van der Waals surface area contributed by atoms with Gasteiger partial charge in [0.15, 0.2) is 0 Å². The van der Waals surface area contributed by atoms with Crippen LogP contribution in [0, 0.1) is 6.92 Å². The lowest BCUT2D eigenvalue weighted by atomic mass is 9.94. The van der Waals surface area contributed by atoms with E-state index in [0.29, 0.717) is 22.6 Å². The van der Waals surface area contributed by atoms with E-state index in [1.165, 1.54) is 19.1 Å². The molecule has 3 rings (SSSR count). The number of amides is 1. The van der Waals surface area contributed by atoms with Crippen LogP contribution in [0.2, 0.25) is 0 Å². The molecule has 1 heterocycles. The van der Waals surface area contributed by atoms with Gasteiger partial charge in [-0.25, -0.2) is 0 Å². The Morgan fingerprint density at radius 2 is 1.72 bits per heavy atom. The maximum Gasteiger partial charge on any atom is 0.303 e. The summed E-state index contributed by atoms with van der Waals surface area (Å²) in [6.07, 6.45) is -0.0152. The van der Waals surface area contributed by atoms with E-state index >= 15 is 0 Å². The number of rotatable bonds is 8. The molecule has 32 heavy (non-hydrogen) atoms. The number of benzene rings is 2. The number of hydrogen-bond donors (Lipinski definition) is 2. The molecule has 2 aromatic carbocycles. The highest BCUT2D eigenvalue weighted by molar-refractivity contribution is 6.46. The molecule has 1 aliphatic rings. The van der Waals surface area contributed by atoms with Crippen LogP contribution in [0.4, 0.5) is 0 Å². The van der Waals surface area contributed by atoms with Crippen LogP contribution >= 0.6 is 0 Å². The lowest BCUT2D eigenvalue weighted by Gasteiger charge is -2.26. The van der Waals surface area contributed by atoms with Gasteiger partial charge in [-0.2, -0.15) is 0 Å². The molecule has 0 aliphatic carbocycles. The highest BCUT2D eigenvalue weighted by atomic mass is 16.5. The molecule has 0 saturated carbocycles. The number of ketones is 1. The fourth-order valence-electron chi connectivity index (χ4n) is 3.75. The number of Topliss-reactive ketones (excluding diaryl/α,β-unsaturated/α-hetero) is 1. The Bertz CT molecular complexity index is 1070. The normalized spacial score (nSPS) is 17.5. The fraction of sp³-hybridized carbons (Fsp3) is 0.292. The van der Waals surface area contributed by atoms with E-state index in [0.717, 1.165) is 5.56 Å². The van der Waals surface area contributed by atoms with Crippen LogP contribution in [-0.4, -0.2) is 53.5 Å². The zero-order chi connectivity index (χ0) is 23.4. The Morgan fingerprint density at radius 3 is 2.31 bits per heavy atom. The summed E-state index contributed by atoms with van der Waals surface area (Å²) in [5.74, 6) is -2.08. The smallest absolute Gasteiger partial charge is 0.303 e. The summed E-state index contributed by atoms with van der Waals surface area (Å²) in [4.78, 5) is 38.2. The zero-order valence-corrected chi connectivity index (χ0v) is 18.1. The second-order valence-corrected chi connectivity index (χ2v) is 7.46. The third-order valence-electron chi connectivity index (χ3n) is 5.39. The molecule has 0 radical (unpaired) electrons. The van der Waals surface area contributed by atoms with Crippen LogP contribution in [0.3, 0.4) is 0 Å². The molecule has 8 nitrogen and oxygen atoms in total. The Labute approximate surface area is 185 Å². The molecule has 0 aromatic heterocycles. The highest BCUT2D eigenvalue weighted by Gasteiger charge is 2.47. The molecule has 1 aliphatic heterocycles. The summed E-state index contributed by atoms with van der Waals surface area (Å²) in [5.41, 5.74) is 1.74. The molecule has 2 aromatic rings. The van der Waals surface area contributed by atoms with E-state index in [2.05, 4.69) is 0 Å². The molecule has 1 amide bonds. The largest absolute Gasteiger partial charge is 0.507 e. The summed E-state index contributed by atoms with van der Waals surface area (Å²) in [6, 6.07) is 10.9. The van der Waals surface area contributed by atoms with Crippen LogP contribution in [0.15, 0.2) is 48.0 Å². The van der Waals surface area contributed by atoms with Crippen LogP contribution in [0.1, 0.15) is 35.6 Å². The average Bonchev–Trinajstić information content (AvgIpc) is 3.03. The van der Waals surface area contributed by atoms with Gasteiger partial charge in [-0.05, 0) is 31.5 Å². The number of likely N-dealkylation sites (tertiary alicyclic amines) is 1. The number of hydrogen-bond acceptors (Lipinski definition) is 6. The van der Waals surface area contributed by atoms with Crippen molar-refractivity contribution in [1.29, 1.82) is 0 Å². The maximum atomic E-state index is 13.0. The van der Waals surface area contributed by atoms with E-state index in [4.69, 9.17) is 14.6 Å². The monoisotopic (exact) mass is 439 g/mol. The van der Waals surface area contributed by atoms with Crippen molar-refractivity contribution in [3.05, 3.63) is 64.7 Å². The number of carbonyl (C=O) groups is 3. The number of nitrogens with zero attached hydrogens (tertiary/aromatic N) is 1. The molecule has 1 saturated heterocycles.